The van der Waals surface area contributed by atoms with E-state index < -0.39 is 0 Å². The minimum absolute atomic E-state index is 0.103. The third-order valence-electron chi connectivity index (χ3n) is 4.04. The SMILES string of the molecule is O=C(NCC1(c2ccsc2)CCCC1)Nc1cccs1. The number of urea groups is 1. The van der Waals surface area contributed by atoms with Crippen molar-refractivity contribution in [1.29, 1.82) is 0 Å². The largest absolute Gasteiger partial charge is 0.337 e. The first-order chi connectivity index (χ1) is 9.78. The Hall–Kier alpha value is -1.33. The van der Waals surface area contributed by atoms with Crippen molar-refractivity contribution in [3.05, 3.63) is 39.9 Å². The van der Waals surface area contributed by atoms with E-state index in [0.717, 1.165) is 11.5 Å². The third kappa shape index (κ3) is 2.88. The first kappa shape index (κ1) is 13.6. The van der Waals surface area contributed by atoms with Gasteiger partial charge in [0, 0.05) is 12.0 Å². The highest BCUT2D eigenvalue weighted by atomic mass is 32.1. The van der Waals surface area contributed by atoms with Crippen molar-refractivity contribution in [3.8, 4) is 0 Å². The zero-order valence-corrected chi connectivity index (χ0v) is 12.9. The van der Waals surface area contributed by atoms with Crippen LogP contribution in [0.2, 0.25) is 0 Å². The van der Waals surface area contributed by atoms with Crippen molar-refractivity contribution in [1.82, 2.24) is 5.32 Å². The van der Waals surface area contributed by atoms with Crippen LogP contribution in [-0.4, -0.2) is 12.6 Å². The molecule has 0 radical (unpaired) electrons. The van der Waals surface area contributed by atoms with Gasteiger partial charge in [-0.25, -0.2) is 4.79 Å². The Labute approximate surface area is 127 Å². The van der Waals surface area contributed by atoms with Crippen molar-refractivity contribution in [2.45, 2.75) is 31.1 Å². The molecule has 0 unspecified atom stereocenters. The molecule has 20 heavy (non-hydrogen) atoms. The molecule has 2 heterocycles. The fourth-order valence-corrected chi connectivity index (χ4v) is 4.33. The molecule has 0 spiro atoms. The number of nitrogens with one attached hydrogen (secondary N) is 2. The van der Waals surface area contributed by atoms with Crippen LogP contribution in [0.4, 0.5) is 9.80 Å². The summed E-state index contributed by atoms with van der Waals surface area (Å²) in [5, 5.41) is 13.1. The van der Waals surface area contributed by atoms with E-state index in [-0.39, 0.29) is 11.4 Å². The van der Waals surface area contributed by atoms with Gasteiger partial charge in [-0.2, -0.15) is 11.3 Å². The van der Waals surface area contributed by atoms with Crippen LogP contribution < -0.4 is 10.6 Å². The first-order valence-corrected chi connectivity index (χ1v) is 8.72. The van der Waals surface area contributed by atoms with Crippen LogP contribution in [0.25, 0.3) is 0 Å². The molecule has 0 saturated heterocycles. The summed E-state index contributed by atoms with van der Waals surface area (Å²) in [6.07, 6.45) is 4.85. The monoisotopic (exact) mass is 306 g/mol. The van der Waals surface area contributed by atoms with Crippen molar-refractivity contribution in [2.24, 2.45) is 0 Å². The molecule has 2 aromatic rings. The summed E-state index contributed by atoms with van der Waals surface area (Å²) in [4.78, 5) is 12.0. The quantitative estimate of drug-likeness (QED) is 0.861. The molecular weight excluding hydrogens is 288 g/mol. The molecule has 2 aromatic heterocycles. The second-order valence-electron chi connectivity index (χ2n) is 5.28. The molecule has 1 aliphatic rings. The zero-order chi connectivity index (χ0) is 13.8. The Morgan fingerprint density at radius 2 is 2.10 bits per heavy atom. The lowest BCUT2D eigenvalue weighted by molar-refractivity contribution is 0.248. The van der Waals surface area contributed by atoms with E-state index in [1.807, 2.05) is 17.5 Å². The van der Waals surface area contributed by atoms with Gasteiger partial charge in [-0.3, -0.25) is 5.32 Å². The van der Waals surface area contributed by atoms with Gasteiger partial charge in [-0.05, 0) is 52.7 Å². The molecular formula is C15H18N2OS2. The van der Waals surface area contributed by atoms with E-state index in [2.05, 4.69) is 27.5 Å². The molecule has 0 aromatic carbocycles. The minimum atomic E-state index is -0.103. The van der Waals surface area contributed by atoms with Gasteiger partial charge in [0.1, 0.15) is 0 Å². The van der Waals surface area contributed by atoms with Crippen molar-refractivity contribution in [2.75, 3.05) is 11.9 Å². The summed E-state index contributed by atoms with van der Waals surface area (Å²) in [5.74, 6) is 0. The number of carbonyl (C=O) groups is 1. The standard InChI is InChI=1S/C15H18N2OS2/c18-14(17-13-4-3-8-20-13)16-11-15(6-1-2-7-15)12-5-9-19-10-12/h3-5,8-10H,1-2,6-7,11H2,(H2,16,17,18). The number of hydrogen-bond acceptors (Lipinski definition) is 3. The van der Waals surface area contributed by atoms with Crippen LogP contribution in [0, 0.1) is 0 Å². The Bertz CT molecular complexity index is 542. The van der Waals surface area contributed by atoms with E-state index in [9.17, 15) is 4.79 Å². The van der Waals surface area contributed by atoms with Crippen LogP contribution in [0.1, 0.15) is 31.2 Å². The molecule has 2 N–H and O–H groups in total. The molecule has 3 rings (SSSR count). The number of thiophene rings is 2. The predicted molar refractivity (Wildman–Crippen MR) is 85.8 cm³/mol. The van der Waals surface area contributed by atoms with Crippen LogP contribution >= 0.6 is 22.7 Å². The second kappa shape index (κ2) is 5.97. The fourth-order valence-electron chi connectivity index (χ4n) is 2.94. The van der Waals surface area contributed by atoms with E-state index >= 15 is 0 Å². The maximum absolute atomic E-state index is 12.0. The van der Waals surface area contributed by atoms with E-state index in [0.29, 0.717) is 0 Å². The van der Waals surface area contributed by atoms with Crippen molar-refractivity contribution >= 4 is 33.7 Å². The number of rotatable bonds is 4. The maximum Gasteiger partial charge on any atom is 0.319 e. The first-order valence-electron chi connectivity index (χ1n) is 6.90. The van der Waals surface area contributed by atoms with Gasteiger partial charge in [0.25, 0.3) is 0 Å². The minimum Gasteiger partial charge on any atom is -0.337 e. The van der Waals surface area contributed by atoms with Gasteiger partial charge in [0.2, 0.25) is 0 Å². The van der Waals surface area contributed by atoms with Gasteiger partial charge < -0.3 is 5.32 Å². The molecule has 5 heteroatoms. The van der Waals surface area contributed by atoms with Crippen LogP contribution in [0.3, 0.4) is 0 Å². The van der Waals surface area contributed by atoms with Gasteiger partial charge in [-0.1, -0.05) is 12.8 Å². The normalized spacial score (nSPS) is 17.0. The zero-order valence-electron chi connectivity index (χ0n) is 11.2. The van der Waals surface area contributed by atoms with Crippen LogP contribution in [0.15, 0.2) is 34.3 Å². The molecule has 0 atom stereocenters. The van der Waals surface area contributed by atoms with Crippen LogP contribution in [0.5, 0.6) is 0 Å². The molecule has 3 nitrogen and oxygen atoms in total. The lowest BCUT2D eigenvalue weighted by Crippen LogP contribution is -2.40. The summed E-state index contributed by atoms with van der Waals surface area (Å²) < 4.78 is 0. The highest BCUT2D eigenvalue weighted by Gasteiger charge is 2.36. The van der Waals surface area contributed by atoms with Crippen molar-refractivity contribution < 1.29 is 4.79 Å². The molecule has 0 aliphatic heterocycles. The molecule has 2 amide bonds. The van der Waals surface area contributed by atoms with Crippen LogP contribution in [-0.2, 0) is 5.41 Å². The number of anilines is 1. The summed E-state index contributed by atoms with van der Waals surface area (Å²) in [6.45, 7) is 0.723. The predicted octanol–water partition coefficient (Wildman–Crippen LogP) is 4.44. The molecule has 1 aliphatic carbocycles. The molecule has 106 valence electrons. The summed E-state index contributed by atoms with van der Waals surface area (Å²) >= 11 is 3.27. The average molecular weight is 306 g/mol. The Balaban J connectivity index is 1.62. The lowest BCUT2D eigenvalue weighted by atomic mass is 9.80. The highest BCUT2D eigenvalue weighted by molar-refractivity contribution is 7.14. The summed E-state index contributed by atoms with van der Waals surface area (Å²) in [7, 11) is 0. The van der Waals surface area contributed by atoms with Gasteiger partial charge in [0.15, 0.2) is 0 Å². The fraction of sp³-hybridized carbons (Fsp3) is 0.400. The Morgan fingerprint density at radius 1 is 1.25 bits per heavy atom. The van der Waals surface area contributed by atoms with E-state index in [1.54, 1.807) is 11.3 Å². The number of amides is 2. The highest BCUT2D eigenvalue weighted by Crippen LogP contribution is 2.41. The van der Waals surface area contributed by atoms with Gasteiger partial charge >= 0.3 is 6.03 Å². The van der Waals surface area contributed by atoms with E-state index in [4.69, 9.17) is 0 Å². The summed E-state index contributed by atoms with van der Waals surface area (Å²) in [5.41, 5.74) is 1.53. The lowest BCUT2D eigenvalue weighted by Gasteiger charge is -2.28. The Morgan fingerprint density at radius 3 is 2.75 bits per heavy atom. The van der Waals surface area contributed by atoms with Crippen molar-refractivity contribution in [3.63, 3.8) is 0 Å². The smallest absolute Gasteiger partial charge is 0.319 e. The average Bonchev–Trinajstić information content (AvgIpc) is 3.18. The summed E-state index contributed by atoms with van der Waals surface area (Å²) in [6, 6.07) is 5.95. The molecule has 1 saturated carbocycles. The van der Waals surface area contributed by atoms with Gasteiger partial charge in [0.05, 0.1) is 5.00 Å². The topological polar surface area (TPSA) is 41.1 Å². The number of hydrogen-bond donors (Lipinski definition) is 2. The van der Waals surface area contributed by atoms with E-state index in [1.165, 1.54) is 42.6 Å². The van der Waals surface area contributed by atoms with Gasteiger partial charge in [-0.15, -0.1) is 11.3 Å². The second-order valence-corrected chi connectivity index (χ2v) is 7.01. The molecule has 0 bridgehead atoms. The number of carbonyl (C=O) groups excluding carboxylic acids is 1. The maximum atomic E-state index is 12.0. The third-order valence-corrected chi connectivity index (χ3v) is 5.51. The Kier molecular flexibility index (Phi) is 4.08. The molecule has 1 fully saturated rings.